The fraction of sp³-hybridized carbons (Fsp3) is 0.389. The van der Waals surface area contributed by atoms with Crippen LogP contribution in [0.1, 0.15) is 42.7 Å². The highest BCUT2D eigenvalue weighted by molar-refractivity contribution is 7.91. The Kier molecular flexibility index (Phi) is 6.37. The number of sulfonamides is 1. The van der Waals surface area contributed by atoms with Crippen molar-refractivity contribution in [3.8, 4) is 0 Å². The van der Waals surface area contributed by atoms with Gasteiger partial charge in [0.05, 0.1) is 6.54 Å². The molecule has 0 bridgehead atoms. The molecule has 2 rings (SSSR count). The topological polar surface area (TPSA) is 66.5 Å². The number of carbonyl (C=O) groups excluding carboxylic acids is 1. The molecule has 25 heavy (non-hydrogen) atoms. The molecule has 1 heterocycles. The largest absolute Gasteiger partial charge is 0.351 e. The summed E-state index contributed by atoms with van der Waals surface area (Å²) in [5, 5.41) is 2.67. The Morgan fingerprint density at radius 1 is 1.16 bits per heavy atom. The molecule has 1 amide bonds. The van der Waals surface area contributed by atoms with Crippen molar-refractivity contribution >= 4 is 27.3 Å². The average molecular weight is 381 g/mol. The number of amides is 1. The van der Waals surface area contributed by atoms with Crippen LogP contribution in [-0.4, -0.2) is 25.7 Å². The van der Waals surface area contributed by atoms with E-state index >= 15 is 0 Å². The van der Waals surface area contributed by atoms with Crippen molar-refractivity contribution in [2.45, 2.75) is 44.0 Å². The highest BCUT2D eigenvalue weighted by atomic mass is 32.2. The minimum atomic E-state index is -3.54. The molecule has 136 valence electrons. The van der Waals surface area contributed by atoms with Crippen LogP contribution in [-0.2, 0) is 27.9 Å². The van der Waals surface area contributed by atoms with E-state index in [-0.39, 0.29) is 10.1 Å². The predicted molar refractivity (Wildman–Crippen MR) is 101 cm³/mol. The first kappa shape index (κ1) is 19.6. The van der Waals surface area contributed by atoms with Crippen molar-refractivity contribution < 1.29 is 13.2 Å². The van der Waals surface area contributed by atoms with E-state index in [2.05, 4.69) is 19.2 Å². The molecule has 0 saturated heterocycles. The van der Waals surface area contributed by atoms with Crippen LogP contribution < -0.4 is 5.32 Å². The maximum Gasteiger partial charge on any atom is 0.252 e. The lowest BCUT2D eigenvalue weighted by Crippen LogP contribution is -2.25. The molecule has 0 radical (unpaired) electrons. The third-order valence-electron chi connectivity index (χ3n) is 3.86. The van der Waals surface area contributed by atoms with Crippen LogP contribution in [0.5, 0.6) is 0 Å². The number of nitrogens with one attached hydrogen (secondary N) is 1. The molecule has 5 nitrogen and oxygen atoms in total. The van der Waals surface area contributed by atoms with Gasteiger partial charge in [-0.25, -0.2) is 8.42 Å². The summed E-state index contributed by atoms with van der Waals surface area (Å²) in [4.78, 5) is 11.8. The first-order valence-electron chi connectivity index (χ1n) is 8.08. The van der Waals surface area contributed by atoms with Crippen molar-refractivity contribution in [2.24, 2.45) is 0 Å². The third kappa shape index (κ3) is 5.14. The van der Waals surface area contributed by atoms with Gasteiger partial charge in [0.25, 0.3) is 10.0 Å². The minimum Gasteiger partial charge on any atom is -0.351 e. The van der Waals surface area contributed by atoms with E-state index < -0.39 is 10.0 Å². The maximum atomic E-state index is 12.7. The fourth-order valence-electron chi connectivity index (χ4n) is 2.31. The first-order valence-corrected chi connectivity index (χ1v) is 10.3. The van der Waals surface area contributed by atoms with Crippen LogP contribution in [0.4, 0.5) is 0 Å². The molecule has 0 aliphatic carbocycles. The minimum absolute atomic E-state index is 0.139. The van der Waals surface area contributed by atoms with E-state index in [1.54, 1.807) is 19.2 Å². The van der Waals surface area contributed by atoms with Crippen LogP contribution in [0.2, 0.25) is 0 Å². The van der Waals surface area contributed by atoms with Crippen LogP contribution >= 0.6 is 11.3 Å². The van der Waals surface area contributed by atoms with Crippen LogP contribution in [0, 0.1) is 0 Å². The Balaban J connectivity index is 2.09. The zero-order valence-corrected chi connectivity index (χ0v) is 16.6. The molecule has 1 N–H and O–H groups in total. The molecule has 0 saturated carbocycles. The maximum absolute atomic E-state index is 12.7. The second-order valence-corrected chi connectivity index (χ2v) is 9.73. The van der Waals surface area contributed by atoms with Crippen LogP contribution in [0.3, 0.4) is 0 Å². The summed E-state index contributed by atoms with van der Waals surface area (Å²) in [5.74, 6) is 0.309. The quantitative estimate of drug-likeness (QED) is 0.801. The van der Waals surface area contributed by atoms with E-state index in [0.717, 1.165) is 10.4 Å². The molecule has 0 aliphatic heterocycles. The number of rotatable bonds is 7. The molecule has 2 aromatic rings. The van der Waals surface area contributed by atoms with Gasteiger partial charge in [0.1, 0.15) is 4.21 Å². The normalized spacial score (nSPS) is 11.9. The van der Waals surface area contributed by atoms with Crippen molar-refractivity contribution in [3.63, 3.8) is 0 Å². The summed E-state index contributed by atoms with van der Waals surface area (Å²) in [6, 6.07) is 11.3. The van der Waals surface area contributed by atoms with E-state index in [9.17, 15) is 13.2 Å². The molecule has 0 fully saturated rings. The van der Waals surface area contributed by atoms with Crippen LogP contribution in [0.15, 0.2) is 40.6 Å². The Morgan fingerprint density at radius 2 is 1.80 bits per heavy atom. The number of benzene rings is 1. The highest BCUT2D eigenvalue weighted by Gasteiger charge is 2.23. The SMILES string of the molecule is CC(=O)NCc1ccc(S(=O)(=O)N(C)Cc2ccc(C(C)C)cc2)s1. The second-order valence-electron chi connectivity index (χ2n) is 6.29. The van der Waals surface area contributed by atoms with Crippen molar-refractivity contribution in [2.75, 3.05) is 7.05 Å². The molecule has 0 atom stereocenters. The number of thiophene rings is 1. The lowest BCUT2D eigenvalue weighted by atomic mass is 10.0. The number of hydrogen-bond acceptors (Lipinski definition) is 4. The van der Waals surface area contributed by atoms with E-state index in [1.807, 2.05) is 24.3 Å². The van der Waals surface area contributed by atoms with Gasteiger partial charge >= 0.3 is 0 Å². The van der Waals surface area contributed by atoms with Gasteiger partial charge in [-0.1, -0.05) is 38.1 Å². The van der Waals surface area contributed by atoms with Gasteiger partial charge in [0, 0.05) is 25.4 Å². The van der Waals surface area contributed by atoms with Gasteiger partial charge < -0.3 is 5.32 Å². The lowest BCUT2D eigenvalue weighted by molar-refractivity contribution is -0.119. The summed E-state index contributed by atoms with van der Waals surface area (Å²) in [6.07, 6.45) is 0. The average Bonchev–Trinajstić information content (AvgIpc) is 3.03. The summed E-state index contributed by atoms with van der Waals surface area (Å²) in [6.45, 7) is 6.35. The summed E-state index contributed by atoms with van der Waals surface area (Å²) in [5.41, 5.74) is 2.18. The first-order chi connectivity index (χ1) is 11.7. The molecule has 1 aromatic carbocycles. The van der Waals surface area contributed by atoms with E-state index in [0.29, 0.717) is 19.0 Å². The zero-order valence-electron chi connectivity index (χ0n) is 14.9. The predicted octanol–water partition coefficient (Wildman–Crippen LogP) is 3.33. The monoisotopic (exact) mass is 380 g/mol. The number of hydrogen-bond donors (Lipinski definition) is 1. The Labute approximate surface area is 153 Å². The van der Waals surface area contributed by atoms with Gasteiger partial charge in [0.15, 0.2) is 0 Å². The van der Waals surface area contributed by atoms with Gasteiger partial charge in [-0.3, -0.25) is 4.79 Å². The van der Waals surface area contributed by atoms with Crippen molar-refractivity contribution in [1.82, 2.24) is 9.62 Å². The summed E-state index contributed by atoms with van der Waals surface area (Å²) < 4.78 is 27.1. The van der Waals surface area contributed by atoms with E-state index in [4.69, 9.17) is 0 Å². The van der Waals surface area contributed by atoms with Gasteiger partial charge in [-0.15, -0.1) is 11.3 Å². The molecule has 0 aliphatic rings. The molecule has 0 spiro atoms. The second kappa shape index (κ2) is 8.12. The lowest BCUT2D eigenvalue weighted by Gasteiger charge is -2.16. The molecule has 0 unspecified atom stereocenters. The Bertz CT molecular complexity index is 824. The fourth-order valence-corrected chi connectivity index (χ4v) is 4.97. The summed E-state index contributed by atoms with van der Waals surface area (Å²) in [7, 11) is -1.96. The molecular formula is C18H24N2O3S2. The molecule has 1 aromatic heterocycles. The van der Waals surface area contributed by atoms with Gasteiger partial charge in [-0.05, 0) is 29.2 Å². The zero-order chi connectivity index (χ0) is 18.6. The summed E-state index contributed by atoms with van der Waals surface area (Å²) >= 11 is 1.18. The van der Waals surface area contributed by atoms with Gasteiger partial charge in [-0.2, -0.15) is 4.31 Å². The van der Waals surface area contributed by atoms with Gasteiger partial charge in [0.2, 0.25) is 5.91 Å². The number of carbonyl (C=O) groups is 1. The highest BCUT2D eigenvalue weighted by Crippen LogP contribution is 2.25. The smallest absolute Gasteiger partial charge is 0.252 e. The number of nitrogens with zero attached hydrogens (tertiary/aromatic N) is 1. The van der Waals surface area contributed by atoms with E-state index in [1.165, 1.54) is 28.1 Å². The third-order valence-corrected chi connectivity index (χ3v) is 7.22. The van der Waals surface area contributed by atoms with Crippen LogP contribution in [0.25, 0.3) is 0 Å². The van der Waals surface area contributed by atoms with Crippen molar-refractivity contribution in [3.05, 3.63) is 52.4 Å². The van der Waals surface area contributed by atoms with Crippen molar-refractivity contribution in [1.29, 1.82) is 0 Å². The molecule has 7 heteroatoms. The Morgan fingerprint density at radius 3 is 2.36 bits per heavy atom. The molecular weight excluding hydrogens is 356 g/mol. The standard InChI is InChI=1S/C18H24N2O3S2/c1-13(2)16-7-5-15(6-8-16)12-20(4)25(22,23)18-10-9-17(24-18)11-19-14(3)21/h5-10,13H,11-12H2,1-4H3,(H,19,21). The Hall–Kier alpha value is -1.70.